The van der Waals surface area contributed by atoms with Crippen molar-refractivity contribution in [2.24, 2.45) is 5.10 Å². The summed E-state index contributed by atoms with van der Waals surface area (Å²) in [5, 5.41) is 4.67. The maximum absolute atomic E-state index is 12.2. The predicted molar refractivity (Wildman–Crippen MR) is 110 cm³/mol. The molecule has 3 rings (SSSR count). The van der Waals surface area contributed by atoms with Gasteiger partial charge in [0, 0.05) is 10.6 Å². The number of hydrogen-bond donors (Lipinski definition) is 1. The summed E-state index contributed by atoms with van der Waals surface area (Å²) >= 11 is 6.12. The van der Waals surface area contributed by atoms with E-state index in [2.05, 4.69) is 10.5 Å². The SMILES string of the molecule is COc1ccccc1C(=O)N/N=C\c1ccc(OCc2ccccc2Cl)cc1. The molecule has 3 aromatic rings. The molecule has 5 nitrogen and oxygen atoms in total. The summed E-state index contributed by atoms with van der Waals surface area (Å²) in [6.45, 7) is 0.391. The molecule has 0 heterocycles. The fraction of sp³-hybridized carbons (Fsp3) is 0.0909. The van der Waals surface area contributed by atoms with E-state index < -0.39 is 0 Å². The minimum atomic E-state index is -0.339. The quantitative estimate of drug-likeness (QED) is 0.467. The number of ether oxygens (including phenoxy) is 2. The molecule has 28 heavy (non-hydrogen) atoms. The number of methoxy groups -OCH3 is 1. The lowest BCUT2D eigenvalue weighted by Gasteiger charge is -2.08. The second-order valence-electron chi connectivity index (χ2n) is 5.85. The van der Waals surface area contributed by atoms with Gasteiger partial charge in [0.05, 0.1) is 18.9 Å². The molecule has 0 aliphatic rings. The predicted octanol–water partition coefficient (Wildman–Crippen LogP) is 4.69. The third-order valence-corrected chi connectivity index (χ3v) is 4.33. The molecule has 0 aromatic heterocycles. The molecule has 0 radical (unpaired) electrons. The molecular weight excluding hydrogens is 376 g/mol. The van der Waals surface area contributed by atoms with Gasteiger partial charge in [0.25, 0.3) is 5.91 Å². The number of carbonyl (C=O) groups is 1. The lowest BCUT2D eigenvalue weighted by molar-refractivity contribution is 0.0952. The second-order valence-corrected chi connectivity index (χ2v) is 6.26. The van der Waals surface area contributed by atoms with Gasteiger partial charge in [-0.2, -0.15) is 5.10 Å². The van der Waals surface area contributed by atoms with E-state index in [9.17, 15) is 4.79 Å². The number of para-hydroxylation sites is 1. The molecule has 3 aromatic carbocycles. The van der Waals surface area contributed by atoms with Crippen molar-refractivity contribution in [1.82, 2.24) is 5.43 Å². The van der Waals surface area contributed by atoms with Crippen molar-refractivity contribution in [1.29, 1.82) is 0 Å². The van der Waals surface area contributed by atoms with E-state index >= 15 is 0 Å². The minimum Gasteiger partial charge on any atom is -0.496 e. The normalized spacial score (nSPS) is 10.6. The molecule has 0 aliphatic carbocycles. The van der Waals surface area contributed by atoms with Crippen LogP contribution in [0.2, 0.25) is 5.02 Å². The Bertz CT molecular complexity index is 972. The lowest BCUT2D eigenvalue weighted by Crippen LogP contribution is -2.18. The maximum atomic E-state index is 12.2. The highest BCUT2D eigenvalue weighted by Gasteiger charge is 2.09. The summed E-state index contributed by atoms with van der Waals surface area (Å²) in [5.41, 5.74) is 4.67. The van der Waals surface area contributed by atoms with E-state index in [1.165, 1.54) is 7.11 Å². The molecule has 0 atom stereocenters. The highest BCUT2D eigenvalue weighted by Crippen LogP contribution is 2.19. The fourth-order valence-electron chi connectivity index (χ4n) is 2.48. The van der Waals surface area contributed by atoms with Crippen molar-refractivity contribution >= 4 is 23.7 Å². The Kier molecular flexibility index (Phi) is 6.65. The van der Waals surface area contributed by atoms with Crippen LogP contribution in [-0.2, 0) is 6.61 Å². The van der Waals surface area contributed by atoms with Gasteiger partial charge >= 0.3 is 0 Å². The topological polar surface area (TPSA) is 59.9 Å². The zero-order chi connectivity index (χ0) is 19.8. The van der Waals surface area contributed by atoms with Gasteiger partial charge in [-0.05, 0) is 48.0 Å². The third kappa shape index (κ3) is 5.11. The fourth-order valence-corrected chi connectivity index (χ4v) is 2.67. The van der Waals surface area contributed by atoms with Crippen molar-refractivity contribution in [2.75, 3.05) is 7.11 Å². The smallest absolute Gasteiger partial charge is 0.275 e. The second kappa shape index (κ2) is 9.58. The number of rotatable bonds is 7. The van der Waals surface area contributed by atoms with Crippen LogP contribution in [-0.4, -0.2) is 19.2 Å². The Morgan fingerprint density at radius 2 is 1.75 bits per heavy atom. The van der Waals surface area contributed by atoms with E-state index in [0.717, 1.165) is 16.9 Å². The average molecular weight is 395 g/mol. The average Bonchev–Trinajstić information content (AvgIpc) is 2.74. The molecule has 6 heteroatoms. The zero-order valence-electron chi connectivity index (χ0n) is 15.3. The van der Waals surface area contributed by atoms with E-state index in [0.29, 0.717) is 22.9 Å². The molecule has 0 bridgehead atoms. The largest absolute Gasteiger partial charge is 0.496 e. The number of benzene rings is 3. The number of hydrazone groups is 1. The minimum absolute atomic E-state index is 0.339. The zero-order valence-corrected chi connectivity index (χ0v) is 16.0. The molecular formula is C22H19ClN2O3. The summed E-state index contributed by atoms with van der Waals surface area (Å²) in [6.07, 6.45) is 1.56. The first-order valence-electron chi connectivity index (χ1n) is 8.60. The number of carbonyl (C=O) groups excluding carboxylic acids is 1. The number of hydrogen-bond acceptors (Lipinski definition) is 4. The van der Waals surface area contributed by atoms with Gasteiger partial charge in [-0.15, -0.1) is 0 Å². The van der Waals surface area contributed by atoms with Crippen LogP contribution in [0.15, 0.2) is 77.9 Å². The molecule has 1 amide bonds. The molecule has 0 saturated heterocycles. The van der Waals surface area contributed by atoms with E-state index in [1.807, 2.05) is 48.5 Å². The number of halogens is 1. The molecule has 142 valence electrons. The summed E-state index contributed by atoms with van der Waals surface area (Å²) in [6, 6.07) is 21.9. The summed E-state index contributed by atoms with van der Waals surface area (Å²) in [5.74, 6) is 0.874. The van der Waals surface area contributed by atoms with Gasteiger partial charge in [0.15, 0.2) is 0 Å². The van der Waals surface area contributed by atoms with Crippen molar-refractivity contribution in [3.63, 3.8) is 0 Å². The van der Waals surface area contributed by atoms with Crippen molar-refractivity contribution in [2.45, 2.75) is 6.61 Å². The number of amides is 1. The van der Waals surface area contributed by atoms with E-state index in [1.54, 1.807) is 30.5 Å². The van der Waals surface area contributed by atoms with E-state index in [-0.39, 0.29) is 5.91 Å². The number of nitrogens with zero attached hydrogens (tertiary/aromatic N) is 1. The van der Waals surface area contributed by atoms with Gasteiger partial charge < -0.3 is 9.47 Å². The highest BCUT2D eigenvalue weighted by molar-refractivity contribution is 6.31. The van der Waals surface area contributed by atoms with Gasteiger partial charge in [-0.25, -0.2) is 5.43 Å². The highest BCUT2D eigenvalue weighted by atomic mass is 35.5. The first-order chi connectivity index (χ1) is 13.7. The van der Waals surface area contributed by atoms with Gasteiger partial charge in [-0.1, -0.05) is 41.9 Å². The third-order valence-electron chi connectivity index (χ3n) is 3.96. The van der Waals surface area contributed by atoms with Gasteiger partial charge in [0.1, 0.15) is 18.1 Å². The molecule has 0 spiro atoms. The maximum Gasteiger partial charge on any atom is 0.275 e. The molecule has 0 saturated carbocycles. The van der Waals surface area contributed by atoms with Crippen molar-refractivity contribution in [3.05, 3.63) is 94.5 Å². The molecule has 1 N–H and O–H groups in total. The summed E-state index contributed by atoms with van der Waals surface area (Å²) in [4.78, 5) is 12.2. The van der Waals surface area contributed by atoms with Crippen LogP contribution in [0.3, 0.4) is 0 Å². The van der Waals surface area contributed by atoms with Gasteiger partial charge in [-0.3, -0.25) is 4.79 Å². The van der Waals surface area contributed by atoms with Crippen molar-refractivity contribution in [3.8, 4) is 11.5 Å². The Balaban J connectivity index is 1.55. The van der Waals surface area contributed by atoms with Crippen LogP contribution < -0.4 is 14.9 Å². The van der Waals surface area contributed by atoms with Crippen LogP contribution in [0.4, 0.5) is 0 Å². The Morgan fingerprint density at radius 3 is 2.50 bits per heavy atom. The van der Waals surface area contributed by atoms with Crippen LogP contribution in [0.1, 0.15) is 21.5 Å². The lowest BCUT2D eigenvalue weighted by atomic mass is 10.2. The summed E-state index contributed by atoms with van der Waals surface area (Å²) in [7, 11) is 1.52. The summed E-state index contributed by atoms with van der Waals surface area (Å²) < 4.78 is 10.9. The van der Waals surface area contributed by atoms with Crippen LogP contribution >= 0.6 is 11.6 Å². The van der Waals surface area contributed by atoms with Crippen LogP contribution in [0.25, 0.3) is 0 Å². The Labute approximate surface area is 168 Å². The number of nitrogens with one attached hydrogen (secondary N) is 1. The van der Waals surface area contributed by atoms with Crippen LogP contribution in [0, 0.1) is 0 Å². The van der Waals surface area contributed by atoms with E-state index in [4.69, 9.17) is 21.1 Å². The molecule has 0 unspecified atom stereocenters. The monoisotopic (exact) mass is 394 g/mol. The Hall–Kier alpha value is -3.31. The molecule has 0 fully saturated rings. The van der Waals surface area contributed by atoms with Gasteiger partial charge in [0.2, 0.25) is 0 Å². The first-order valence-corrected chi connectivity index (χ1v) is 8.98. The first kappa shape index (κ1) is 19.5. The van der Waals surface area contributed by atoms with Crippen LogP contribution in [0.5, 0.6) is 11.5 Å². The standard InChI is InChI=1S/C22H19ClN2O3/c1-27-21-9-5-3-7-19(21)22(26)25-24-14-16-10-12-18(13-11-16)28-15-17-6-2-4-8-20(17)23/h2-14H,15H2,1H3,(H,25,26)/b24-14-. The molecule has 0 aliphatic heterocycles. The van der Waals surface area contributed by atoms with Crippen molar-refractivity contribution < 1.29 is 14.3 Å². The Morgan fingerprint density at radius 1 is 1.04 bits per heavy atom.